The topological polar surface area (TPSA) is 106 Å². The van der Waals surface area contributed by atoms with Crippen LogP contribution in [0.1, 0.15) is 52.2 Å². The lowest BCUT2D eigenvalue weighted by atomic mass is 9.76. The summed E-state index contributed by atoms with van der Waals surface area (Å²) in [4.78, 5) is 51.1. The average Bonchev–Trinajstić information content (AvgIpc) is 3.76. The molecule has 2 aliphatic rings. The minimum atomic E-state index is -0.200. The van der Waals surface area contributed by atoms with E-state index in [1.165, 1.54) is 10.5 Å². The van der Waals surface area contributed by atoms with E-state index in [1.807, 2.05) is 35.2 Å². The van der Waals surface area contributed by atoms with Gasteiger partial charge in [-0.05, 0) is 75.1 Å². The molecule has 2 aliphatic heterocycles. The van der Waals surface area contributed by atoms with Gasteiger partial charge in [0.15, 0.2) is 17.3 Å². The summed E-state index contributed by atoms with van der Waals surface area (Å²) in [5.41, 5.74) is 3.05. The number of rotatable bonds is 12. The molecule has 2 amide bonds. The van der Waals surface area contributed by atoms with Crippen LogP contribution in [0.3, 0.4) is 0 Å². The molecule has 11 nitrogen and oxygen atoms in total. The number of fused-ring (bicyclic) bond motifs is 1. The van der Waals surface area contributed by atoms with Crippen molar-refractivity contribution in [1.82, 2.24) is 24.3 Å². The van der Waals surface area contributed by atoms with E-state index in [0.717, 1.165) is 56.4 Å². The number of methoxy groups -OCH3 is 3. The highest BCUT2D eigenvalue weighted by molar-refractivity contribution is 5.99. The molecule has 4 aromatic rings. The lowest BCUT2D eigenvalue weighted by Gasteiger charge is -2.36. The molecule has 2 saturated heterocycles. The lowest BCUT2D eigenvalue weighted by Crippen LogP contribution is -2.41. The molecule has 3 aromatic carbocycles. The normalized spacial score (nSPS) is 18.3. The van der Waals surface area contributed by atoms with Gasteiger partial charge in [-0.15, -0.1) is 0 Å². The van der Waals surface area contributed by atoms with Crippen LogP contribution in [0.25, 0.3) is 11.0 Å². The average molecular weight is 682 g/mol. The van der Waals surface area contributed by atoms with E-state index in [2.05, 4.69) is 29.2 Å². The van der Waals surface area contributed by atoms with E-state index in [9.17, 15) is 14.4 Å². The number of aromatic nitrogens is 2. The number of para-hydroxylation sites is 2. The van der Waals surface area contributed by atoms with Gasteiger partial charge in [0.1, 0.15) is 6.54 Å². The Kier molecular flexibility index (Phi) is 10.4. The van der Waals surface area contributed by atoms with Crippen LogP contribution in [0.15, 0.2) is 66.7 Å². The zero-order valence-corrected chi connectivity index (χ0v) is 29.7. The summed E-state index contributed by atoms with van der Waals surface area (Å²) in [6.07, 6.45) is 3.20. The van der Waals surface area contributed by atoms with E-state index in [0.29, 0.717) is 41.7 Å². The summed E-state index contributed by atoms with van der Waals surface area (Å²) in [5, 5.41) is 0. The van der Waals surface area contributed by atoms with Crippen LogP contribution in [0.4, 0.5) is 0 Å². The minimum Gasteiger partial charge on any atom is -0.493 e. The smallest absolute Gasteiger partial charge is 0.254 e. The first kappa shape index (κ1) is 34.9. The van der Waals surface area contributed by atoms with Crippen molar-refractivity contribution in [1.29, 1.82) is 0 Å². The Hall–Kier alpha value is -4.90. The molecule has 2 fully saturated rings. The fourth-order valence-corrected chi connectivity index (χ4v) is 7.48. The number of carbonyl (C=O) groups excluding carboxylic acids is 3. The summed E-state index contributed by atoms with van der Waals surface area (Å²) >= 11 is 0. The molecule has 0 spiro atoms. The molecule has 3 heterocycles. The second kappa shape index (κ2) is 14.9. The number of likely N-dealkylation sites (tertiary alicyclic amines) is 2. The van der Waals surface area contributed by atoms with E-state index < -0.39 is 0 Å². The maximum Gasteiger partial charge on any atom is 0.254 e. The largest absolute Gasteiger partial charge is 0.493 e. The number of likely N-dealkylation sites (N-methyl/N-ethyl adjacent to an activating group) is 1. The Bertz CT molecular complexity index is 1820. The third kappa shape index (κ3) is 6.92. The summed E-state index contributed by atoms with van der Waals surface area (Å²) in [5.74, 6) is 1.41. The molecule has 0 N–H and O–H groups in total. The predicted molar refractivity (Wildman–Crippen MR) is 191 cm³/mol. The Morgan fingerprint density at radius 1 is 0.880 bits per heavy atom. The minimum absolute atomic E-state index is 0.00454. The second-order valence-electron chi connectivity index (χ2n) is 13.6. The van der Waals surface area contributed by atoms with Gasteiger partial charge >= 0.3 is 0 Å². The molecule has 1 aromatic heterocycles. The number of hydrogen-bond acceptors (Lipinski definition) is 8. The van der Waals surface area contributed by atoms with Gasteiger partial charge < -0.3 is 33.5 Å². The quantitative estimate of drug-likeness (QED) is 0.194. The van der Waals surface area contributed by atoms with Crippen molar-refractivity contribution in [2.45, 2.75) is 37.6 Å². The molecule has 50 heavy (non-hydrogen) atoms. The number of benzene rings is 3. The Balaban J connectivity index is 1.14. The SMILES string of the molecule is COc1cc(C(=O)N2CCC(CCN3CCC(C(=O)c4nc5ccccc5n4CC(=O)N(C)C)CC3)(c3ccccc3)C2)cc(OC)c1OC. The highest BCUT2D eigenvalue weighted by atomic mass is 16.5. The summed E-state index contributed by atoms with van der Waals surface area (Å²) in [7, 11) is 8.08. The number of hydrogen-bond donors (Lipinski definition) is 0. The first-order chi connectivity index (χ1) is 24.2. The number of piperidine rings is 1. The number of Topliss-reactive ketones (excluding diaryl/α,β-unsaturated/α-hetero) is 1. The third-order valence-electron chi connectivity index (χ3n) is 10.5. The van der Waals surface area contributed by atoms with E-state index >= 15 is 0 Å². The monoisotopic (exact) mass is 681 g/mol. The summed E-state index contributed by atoms with van der Waals surface area (Å²) in [6, 6.07) is 21.5. The summed E-state index contributed by atoms with van der Waals surface area (Å²) < 4.78 is 18.3. The van der Waals surface area contributed by atoms with Crippen molar-refractivity contribution in [3.05, 3.63) is 83.7 Å². The van der Waals surface area contributed by atoms with Crippen molar-refractivity contribution in [3.63, 3.8) is 0 Å². The van der Waals surface area contributed by atoms with Gasteiger partial charge in [-0.2, -0.15) is 0 Å². The van der Waals surface area contributed by atoms with E-state index in [4.69, 9.17) is 19.2 Å². The molecule has 0 bridgehead atoms. The second-order valence-corrected chi connectivity index (χ2v) is 13.6. The Labute approximate surface area is 293 Å². The number of ether oxygens (including phenoxy) is 3. The molecule has 0 aliphatic carbocycles. The molecule has 1 atom stereocenters. The van der Waals surface area contributed by atoms with Gasteiger partial charge in [0.05, 0.1) is 32.4 Å². The first-order valence-electron chi connectivity index (χ1n) is 17.2. The third-order valence-corrected chi connectivity index (χ3v) is 10.5. The molecule has 0 saturated carbocycles. The number of imidazole rings is 1. The van der Waals surface area contributed by atoms with E-state index in [-0.39, 0.29) is 35.5 Å². The number of carbonyl (C=O) groups is 3. The molecule has 1 unspecified atom stereocenters. The zero-order valence-electron chi connectivity index (χ0n) is 29.7. The van der Waals surface area contributed by atoms with E-state index in [1.54, 1.807) is 52.1 Å². The highest BCUT2D eigenvalue weighted by Crippen LogP contribution is 2.41. The van der Waals surface area contributed by atoms with Crippen LogP contribution in [-0.4, -0.2) is 110 Å². The van der Waals surface area contributed by atoms with Gasteiger partial charge in [-0.3, -0.25) is 14.4 Å². The van der Waals surface area contributed by atoms with Gasteiger partial charge in [-0.25, -0.2) is 4.98 Å². The standard InChI is InChI=1S/C39H47N5O6/c1-41(2)34(45)25-44-31-14-10-9-13-30(31)40-37(44)35(46)27-15-19-42(20-16-27)21-17-39(29-11-7-6-8-12-29)18-22-43(26-39)38(47)28-23-32(48-3)36(50-5)33(24-28)49-4/h6-14,23-24,27H,15-22,25-26H2,1-5H3. The van der Waals surface area contributed by atoms with Crippen molar-refractivity contribution < 1.29 is 28.6 Å². The maximum atomic E-state index is 13.9. The summed E-state index contributed by atoms with van der Waals surface area (Å²) in [6.45, 7) is 3.77. The fraction of sp³-hybridized carbons (Fsp3) is 0.436. The predicted octanol–water partition coefficient (Wildman–Crippen LogP) is 4.92. The molecule has 0 radical (unpaired) electrons. The van der Waals surface area contributed by atoms with Crippen LogP contribution >= 0.6 is 0 Å². The lowest BCUT2D eigenvalue weighted by molar-refractivity contribution is -0.129. The van der Waals surface area contributed by atoms with Crippen LogP contribution in [0, 0.1) is 5.92 Å². The highest BCUT2D eigenvalue weighted by Gasteiger charge is 2.42. The molecule has 11 heteroatoms. The van der Waals surface area contributed by atoms with Crippen molar-refractivity contribution in [2.75, 3.05) is 68.1 Å². The zero-order chi connectivity index (χ0) is 35.4. The van der Waals surface area contributed by atoms with Crippen LogP contribution in [-0.2, 0) is 16.8 Å². The Morgan fingerprint density at radius 2 is 1.54 bits per heavy atom. The fourth-order valence-electron chi connectivity index (χ4n) is 7.48. The van der Waals surface area contributed by atoms with Crippen LogP contribution < -0.4 is 14.2 Å². The maximum absolute atomic E-state index is 13.9. The molecular weight excluding hydrogens is 634 g/mol. The van der Waals surface area contributed by atoms with Gasteiger partial charge in [0.25, 0.3) is 5.91 Å². The van der Waals surface area contributed by atoms with Crippen LogP contribution in [0.5, 0.6) is 17.2 Å². The van der Waals surface area contributed by atoms with Crippen molar-refractivity contribution >= 4 is 28.6 Å². The van der Waals surface area contributed by atoms with Gasteiger partial charge in [-0.1, -0.05) is 42.5 Å². The number of ketones is 1. The van der Waals surface area contributed by atoms with Crippen LogP contribution in [0.2, 0.25) is 0 Å². The molecular formula is C39H47N5O6. The number of nitrogens with zero attached hydrogens (tertiary/aromatic N) is 5. The Morgan fingerprint density at radius 3 is 2.18 bits per heavy atom. The van der Waals surface area contributed by atoms with Crippen molar-refractivity contribution in [3.8, 4) is 17.2 Å². The first-order valence-corrected chi connectivity index (χ1v) is 17.2. The van der Waals surface area contributed by atoms with Gasteiger partial charge in [0, 0.05) is 44.1 Å². The van der Waals surface area contributed by atoms with Crippen molar-refractivity contribution in [2.24, 2.45) is 5.92 Å². The molecule has 6 rings (SSSR count). The molecule has 264 valence electrons. The van der Waals surface area contributed by atoms with Gasteiger partial charge in [0.2, 0.25) is 17.4 Å². The number of amides is 2.